The maximum Gasteiger partial charge on any atom is 0.329 e. The summed E-state index contributed by atoms with van der Waals surface area (Å²) in [6, 6.07) is -1.21. The van der Waals surface area contributed by atoms with E-state index < -0.39 is 120 Å². The highest BCUT2D eigenvalue weighted by molar-refractivity contribution is 6.39. The third kappa shape index (κ3) is 18.5. The Kier molecular flexibility index (Phi) is 26.9. The maximum atomic E-state index is 14.6. The van der Waals surface area contributed by atoms with Crippen molar-refractivity contribution in [1.29, 1.82) is 0 Å². The molecule has 4 aliphatic rings. The van der Waals surface area contributed by atoms with Crippen LogP contribution in [0.2, 0.25) is 0 Å². The second kappa shape index (κ2) is 31.7. The molecule has 1 saturated carbocycles. The van der Waals surface area contributed by atoms with Crippen LogP contribution in [-0.2, 0) is 66.7 Å². The van der Waals surface area contributed by atoms with Crippen molar-refractivity contribution in [3.8, 4) is 0 Å². The number of fused-ring (bicyclic) bond motifs is 3. The van der Waals surface area contributed by atoms with Crippen LogP contribution in [0.5, 0.6) is 0 Å². The second-order valence-electron chi connectivity index (χ2n) is 23.5. The number of piperidine rings is 1. The summed E-state index contributed by atoms with van der Waals surface area (Å²) in [6.45, 7) is 15.0. The van der Waals surface area contributed by atoms with Crippen LogP contribution in [0.4, 0.5) is 0 Å². The predicted molar refractivity (Wildman–Crippen MR) is 295 cm³/mol. The smallest absolute Gasteiger partial charge is 0.329 e. The minimum atomic E-state index is -2.48. The van der Waals surface area contributed by atoms with Crippen LogP contribution >= 0.6 is 0 Å². The fourth-order valence-electron chi connectivity index (χ4n) is 11.3. The SMILES string of the molecule is CCCCC(=O)OCC(C)(CO)C(=O)O[C@@H]1CC[C@@H](C[C@@H](C)[C@@H]2CC(=O)[C@H](C)/C=C(\C)[C@@H](O)[C@@H](OC)C(=O)[C@H](C)C[C@H](C)/C=C/C=C/C=C(\C)[C@@H](OC)C[C@@H]3CC[C@@H](C)[C@@](O)(O3)C(=O)C(=O)N3CCCC[C@H]3C(=O)O2)C[C@H]1OC. The van der Waals surface area contributed by atoms with E-state index in [1.54, 1.807) is 40.9 Å². The number of rotatable bonds is 14. The second-order valence-corrected chi connectivity index (χ2v) is 23.5. The van der Waals surface area contributed by atoms with Crippen LogP contribution in [-0.4, -0.2) is 157 Å². The normalized spacial score (nSPS) is 36.0. The number of unbranched alkanes of at least 4 members (excludes halogenated alkanes) is 1. The van der Waals surface area contributed by atoms with E-state index in [9.17, 15) is 48.9 Å². The fourth-order valence-corrected chi connectivity index (χ4v) is 11.3. The summed E-state index contributed by atoms with van der Waals surface area (Å²) >= 11 is 0. The lowest BCUT2D eigenvalue weighted by atomic mass is 9.78. The first-order valence-electron chi connectivity index (χ1n) is 28.8. The number of Topliss-reactive ketones (excluding diaryl/α,β-unsaturated/α-hetero) is 3. The van der Waals surface area contributed by atoms with E-state index in [0.29, 0.717) is 69.8 Å². The summed E-state index contributed by atoms with van der Waals surface area (Å²) in [7, 11) is 4.43. The zero-order chi connectivity index (χ0) is 58.8. The number of carbonyl (C=O) groups excluding carboxylic acids is 7. The minimum Gasteiger partial charge on any atom is -0.464 e. The van der Waals surface area contributed by atoms with E-state index in [-0.39, 0.29) is 62.2 Å². The van der Waals surface area contributed by atoms with Crippen LogP contribution in [0, 0.1) is 40.9 Å². The molecule has 0 aromatic rings. The zero-order valence-corrected chi connectivity index (χ0v) is 49.3. The molecule has 446 valence electrons. The van der Waals surface area contributed by atoms with Gasteiger partial charge in [-0.2, -0.15) is 0 Å². The number of nitrogens with zero attached hydrogens (tertiary/aromatic N) is 1. The van der Waals surface area contributed by atoms with Gasteiger partial charge in [-0.3, -0.25) is 28.8 Å². The van der Waals surface area contributed by atoms with E-state index in [1.807, 2.05) is 58.1 Å². The van der Waals surface area contributed by atoms with E-state index in [2.05, 4.69) is 0 Å². The highest BCUT2D eigenvalue weighted by atomic mass is 16.6. The molecule has 2 bridgehead atoms. The Balaban J connectivity index is 1.66. The molecule has 3 aliphatic heterocycles. The van der Waals surface area contributed by atoms with Crippen molar-refractivity contribution in [1.82, 2.24) is 4.90 Å². The summed E-state index contributed by atoms with van der Waals surface area (Å²) in [5, 5.41) is 33.8. The Morgan fingerprint density at radius 1 is 0.886 bits per heavy atom. The molecule has 1 unspecified atom stereocenters. The number of ketones is 3. The van der Waals surface area contributed by atoms with Crippen molar-refractivity contribution in [3.63, 3.8) is 0 Å². The van der Waals surface area contributed by atoms with Crippen LogP contribution in [0.25, 0.3) is 0 Å². The van der Waals surface area contributed by atoms with E-state index in [0.717, 1.165) is 16.9 Å². The number of aliphatic hydroxyl groups is 3. The Bertz CT molecular complexity index is 2190. The summed E-state index contributed by atoms with van der Waals surface area (Å²) in [5.74, 6) is -9.94. The molecule has 1 amide bonds. The molecule has 2 saturated heterocycles. The van der Waals surface area contributed by atoms with Gasteiger partial charge in [-0.15, -0.1) is 0 Å². The number of hydrogen-bond acceptors (Lipinski definition) is 17. The molecule has 18 heteroatoms. The third-order valence-corrected chi connectivity index (χ3v) is 16.8. The first kappa shape index (κ1) is 67.1. The van der Waals surface area contributed by atoms with Crippen LogP contribution < -0.4 is 0 Å². The molecule has 4 rings (SSSR count). The molecule has 3 N–H and O–H groups in total. The quantitative estimate of drug-likeness (QED) is 0.0661. The number of esters is 3. The molecule has 3 heterocycles. The number of cyclic esters (lactones) is 1. The monoisotopic (exact) mass is 1110 g/mol. The molecule has 0 aromatic carbocycles. The Hall–Kier alpha value is -4.43. The number of ether oxygens (including phenoxy) is 7. The minimum absolute atomic E-state index is 0.0135. The van der Waals surface area contributed by atoms with Crippen molar-refractivity contribution >= 4 is 41.2 Å². The zero-order valence-electron chi connectivity index (χ0n) is 49.3. The molecular weight excluding hydrogens is 1020 g/mol. The number of allylic oxidation sites excluding steroid dienone is 6. The lowest BCUT2D eigenvalue weighted by molar-refractivity contribution is -0.265. The van der Waals surface area contributed by atoms with Gasteiger partial charge in [0.05, 0.1) is 24.9 Å². The van der Waals surface area contributed by atoms with Gasteiger partial charge in [0, 0.05) is 64.9 Å². The number of hydrogen-bond donors (Lipinski definition) is 3. The fraction of sp³-hybridized carbons (Fsp3) is 0.754. The Morgan fingerprint density at radius 2 is 1.61 bits per heavy atom. The maximum absolute atomic E-state index is 14.6. The van der Waals surface area contributed by atoms with Crippen molar-refractivity contribution in [3.05, 3.63) is 47.6 Å². The third-order valence-electron chi connectivity index (χ3n) is 16.8. The van der Waals surface area contributed by atoms with Crippen molar-refractivity contribution < 1.29 is 82.0 Å². The lowest BCUT2D eigenvalue weighted by Crippen LogP contribution is -2.61. The number of amides is 1. The predicted octanol–water partition coefficient (Wildman–Crippen LogP) is 7.46. The summed E-state index contributed by atoms with van der Waals surface area (Å²) in [4.78, 5) is 98.6. The van der Waals surface area contributed by atoms with Crippen LogP contribution in [0.3, 0.4) is 0 Å². The van der Waals surface area contributed by atoms with Crippen molar-refractivity contribution in [2.45, 2.75) is 213 Å². The van der Waals surface area contributed by atoms with E-state index in [1.165, 1.54) is 21.1 Å². The van der Waals surface area contributed by atoms with E-state index in [4.69, 9.17) is 33.2 Å². The molecule has 0 spiro atoms. The van der Waals surface area contributed by atoms with Crippen molar-refractivity contribution in [2.24, 2.45) is 40.9 Å². The number of aliphatic hydroxyl groups excluding tert-OH is 2. The van der Waals surface area contributed by atoms with Gasteiger partial charge < -0.3 is 53.4 Å². The van der Waals surface area contributed by atoms with Gasteiger partial charge in [0.25, 0.3) is 11.7 Å². The number of carbonyl (C=O) groups is 7. The van der Waals surface area contributed by atoms with E-state index >= 15 is 0 Å². The first-order valence-corrected chi connectivity index (χ1v) is 28.8. The highest BCUT2D eigenvalue weighted by Gasteiger charge is 2.53. The molecule has 18 nitrogen and oxygen atoms in total. The van der Waals surface area contributed by atoms with Gasteiger partial charge in [0.2, 0.25) is 5.79 Å². The molecule has 1 aliphatic carbocycles. The molecule has 0 radical (unpaired) electrons. The Labute approximate surface area is 469 Å². The van der Waals surface area contributed by atoms with Crippen LogP contribution in [0.1, 0.15) is 159 Å². The topological polar surface area (TPSA) is 248 Å². The summed E-state index contributed by atoms with van der Waals surface area (Å²) in [6.07, 6.45) is 11.1. The molecule has 3 fully saturated rings. The van der Waals surface area contributed by atoms with Gasteiger partial charge in [0.15, 0.2) is 5.78 Å². The van der Waals surface area contributed by atoms with Gasteiger partial charge in [-0.25, -0.2) is 4.79 Å². The van der Waals surface area contributed by atoms with Crippen molar-refractivity contribution in [2.75, 3.05) is 41.1 Å². The molecule has 79 heavy (non-hydrogen) atoms. The lowest BCUT2D eigenvalue weighted by Gasteiger charge is -2.42. The molecule has 0 aromatic heterocycles. The van der Waals surface area contributed by atoms with Crippen LogP contribution in [0.15, 0.2) is 47.6 Å². The highest BCUT2D eigenvalue weighted by Crippen LogP contribution is 2.39. The van der Waals surface area contributed by atoms with Gasteiger partial charge >= 0.3 is 17.9 Å². The summed E-state index contributed by atoms with van der Waals surface area (Å²) < 4.78 is 41.1. The van der Waals surface area contributed by atoms with Gasteiger partial charge in [-0.05, 0) is 120 Å². The summed E-state index contributed by atoms with van der Waals surface area (Å²) in [5.41, 5.74) is -0.298. The average molecular weight is 1110 g/mol. The average Bonchev–Trinajstić information content (AvgIpc) is 3.43. The molecular formula is C61H95NO17. The Morgan fingerprint density at radius 3 is 2.27 bits per heavy atom. The number of methoxy groups -OCH3 is 3. The first-order chi connectivity index (χ1) is 37.4. The largest absolute Gasteiger partial charge is 0.464 e. The van der Waals surface area contributed by atoms with Gasteiger partial charge in [-0.1, -0.05) is 84.4 Å². The standard InChI is InChI=1S/C61H95NO17/c1-13-14-23-52(65)76-36-60(9,35-63)59(71)78-48-27-25-44(32-51(48)74-11)31-40(5)50-34-47(64)39(4)30-42(7)54(67)55(75-12)53(66)41(6)29-37(2)20-16-15-17-21-38(3)49(73-10)33-45-26-24-43(8)61(72,79-45)56(68)57(69)62-28-19-18-22-46(62)58(70)77-50/h15-17,20-21,30,37,39-41,43-46,48-51,54-55,63,67,72H,13-14,18-19,22-29,31-36H2,1-12H3/b17-15+,20-16+,38-21+,42-30+/t37-,39-,40-,41-,43-,44+,45+,46+,48-,49+,50+,51-,54-,55+,60?,61-/m1/s1. The van der Waals surface area contributed by atoms with Gasteiger partial charge in [0.1, 0.15) is 48.3 Å². The molecule has 16 atom stereocenters.